The molecule has 92 valence electrons. The second-order valence-electron chi connectivity index (χ2n) is 4.39. The van der Waals surface area contributed by atoms with Crippen LogP contribution in [0.1, 0.15) is 19.3 Å². The molecule has 0 bridgehead atoms. The van der Waals surface area contributed by atoms with Gasteiger partial charge in [0.25, 0.3) is 0 Å². The predicted molar refractivity (Wildman–Crippen MR) is 60.4 cm³/mol. The van der Waals surface area contributed by atoms with Crippen LogP contribution < -0.4 is 16.8 Å². The van der Waals surface area contributed by atoms with Crippen LogP contribution in [0, 0.1) is 0 Å². The normalized spacial score (nSPS) is 23.8. The fraction of sp³-hybridized carbons (Fsp3) is 0.800. The number of nitrogens with two attached hydrogens (primary N) is 2. The van der Waals surface area contributed by atoms with Gasteiger partial charge < -0.3 is 21.7 Å². The lowest BCUT2D eigenvalue weighted by atomic mass is 10.1. The summed E-state index contributed by atoms with van der Waals surface area (Å²) in [5.41, 5.74) is 10.5. The predicted octanol–water partition coefficient (Wildman–Crippen LogP) is -1.60. The summed E-state index contributed by atoms with van der Waals surface area (Å²) in [4.78, 5) is 24.4. The number of carbonyl (C=O) groups excluding carboxylic acids is 2. The van der Waals surface area contributed by atoms with Gasteiger partial charge in [-0.2, -0.15) is 0 Å². The molecule has 0 spiro atoms. The molecule has 1 aliphatic rings. The fourth-order valence-electron chi connectivity index (χ4n) is 1.90. The van der Waals surface area contributed by atoms with E-state index in [1.54, 1.807) is 0 Å². The first-order chi connectivity index (χ1) is 7.49. The van der Waals surface area contributed by atoms with E-state index in [2.05, 4.69) is 10.2 Å². The van der Waals surface area contributed by atoms with Crippen molar-refractivity contribution < 1.29 is 9.59 Å². The van der Waals surface area contributed by atoms with E-state index in [0.717, 1.165) is 25.9 Å². The second-order valence-corrected chi connectivity index (χ2v) is 4.39. The van der Waals surface area contributed by atoms with Crippen molar-refractivity contribution in [2.75, 3.05) is 20.1 Å². The van der Waals surface area contributed by atoms with Crippen molar-refractivity contribution in [1.82, 2.24) is 10.2 Å². The Morgan fingerprint density at radius 2 is 2.25 bits per heavy atom. The molecule has 6 nitrogen and oxygen atoms in total. The number of amides is 2. The molecule has 16 heavy (non-hydrogen) atoms. The van der Waals surface area contributed by atoms with E-state index in [4.69, 9.17) is 11.5 Å². The molecule has 0 aliphatic carbocycles. The lowest BCUT2D eigenvalue weighted by Crippen LogP contribution is -2.51. The molecule has 0 aromatic heterocycles. The van der Waals surface area contributed by atoms with Gasteiger partial charge in [0.15, 0.2) is 0 Å². The van der Waals surface area contributed by atoms with Gasteiger partial charge in [-0.25, -0.2) is 0 Å². The van der Waals surface area contributed by atoms with E-state index >= 15 is 0 Å². The standard InChI is InChI=1S/C10H20N4O2/c1-14-4-2-3-7(6-14)13-10(16)8(11)5-9(12)15/h7-8H,2-6,11H2,1H3,(H2,12,15)(H,13,16). The molecule has 1 heterocycles. The van der Waals surface area contributed by atoms with Gasteiger partial charge in [0.2, 0.25) is 11.8 Å². The number of hydrogen-bond donors (Lipinski definition) is 3. The summed E-state index contributed by atoms with van der Waals surface area (Å²) in [7, 11) is 2.02. The molecule has 2 atom stereocenters. The summed E-state index contributed by atoms with van der Waals surface area (Å²) < 4.78 is 0. The van der Waals surface area contributed by atoms with Gasteiger partial charge in [-0.3, -0.25) is 9.59 Å². The van der Waals surface area contributed by atoms with Crippen molar-refractivity contribution in [2.45, 2.75) is 31.3 Å². The SMILES string of the molecule is CN1CCCC(NC(=O)C(N)CC(N)=O)C1. The molecular weight excluding hydrogens is 208 g/mol. The zero-order chi connectivity index (χ0) is 12.1. The minimum Gasteiger partial charge on any atom is -0.370 e. The molecule has 0 aromatic rings. The van der Waals surface area contributed by atoms with Gasteiger partial charge in [-0.1, -0.05) is 0 Å². The van der Waals surface area contributed by atoms with Gasteiger partial charge in [-0.05, 0) is 26.4 Å². The van der Waals surface area contributed by atoms with Gasteiger partial charge in [0, 0.05) is 12.6 Å². The highest BCUT2D eigenvalue weighted by Gasteiger charge is 2.22. The number of nitrogens with zero attached hydrogens (tertiary/aromatic N) is 1. The van der Waals surface area contributed by atoms with Crippen molar-refractivity contribution >= 4 is 11.8 Å². The number of rotatable bonds is 4. The van der Waals surface area contributed by atoms with E-state index in [1.807, 2.05) is 7.05 Å². The van der Waals surface area contributed by atoms with Gasteiger partial charge in [-0.15, -0.1) is 0 Å². The average Bonchev–Trinajstić information content (AvgIpc) is 2.16. The van der Waals surface area contributed by atoms with Crippen LogP contribution in [0.15, 0.2) is 0 Å². The summed E-state index contributed by atoms with van der Waals surface area (Å²) in [6.45, 7) is 1.88. The Balaban J connectivity index is 2.35. The van der Waals surface area contributed by atoms with Crippen LogP contribution in [-0.4, -0.2) is 48.9 Å². The van der Waals surface area contributed by atoms with E-state index in [0.29, 0.717) is 0 Å². The molecule has 1 aliphatic heterocycles. The zero-order valence-corrected chi connectivity index (χ0v) is 9.61. The lowest BCUT2D eigenvalue weighted by molar-refractivity contribution is -0.127. The highest BCUT2D eigenvalue weighted by molar-refractivity contribution is 5.87. The van der Waals surface area contributed by atoms with E-state index in [9.17, 15) is 9.59 Å². The lowest BCUT2D eigenvalue weighted by Gasteiger charge is -2.30. The van der Waals surface area contributed by atoms with Crippen LogP contribution in [-0.2, 0) is 9.59 Å². The van der Waals surface area contributed by atoms with E-state index < -0.39 is 11.9 Å². The molecule has 0 saturated carbocycles. The fourth-order valence-corrected chi connectivity index (χ4v) is 1.90. The molecule has 6 heteroatoms. The van der Waals surface area contributed by atoms with Crippen LogP contribution >= 0.6 is 0 Å². The summed E-state index contributed by atoms with van der Waals surface area (Å²) >= 11 is 0. The number of primary amides is 1. The molecule has 0 radical (unpaired) electrons. The van der Waals surface area contributed by atoms with Gasteiger partial charge in [0.05, 0.1) is 12.5 Å². The van der Waals surface area contributed by atoms with Crippen LogP contribution in [0.4, 0.5) is 0 Å². The van der Waals surface area contributed by atoms with Crippen molar-refractivity contribution in [3.05, 3.63) is 0 Å². The maximum absolute atomic E-state index is 11.6. The highest BCUT2D eigenvalue weighted by Crippen LogP contribution is 2.07. The Bertz CT molecular complexity index is 270. The largest absolute Gasteiger partial charge is 0.370 e. The third kappa shape index (κ3) is 4.16. The molecule has 2 amide bonds. The van der Waals surface area contributed by atoms with Crippen LogP contribution in [0.25, 0.3) is 0 Å². The average molecular weight is 228 g/mol. The number of piperidine rings is 1. The van der Waals surface area contributed by atoms with Gasteiger partial charge >= 0.3 is 0 Å². The minimum atomic E-state index is -0.829. The van der Waals surface area contributed by atoms with E-state index in [1.165, 1.54) is 0 Å². The zero-order valence-electron chi connectivity index (χ0n) is 9.61. The highest BCUT2D eigenvalue weighted by atomic mass is 16.2. The molecule has 2 unspecified atom stereocenters. The van der Waals surface area contributed by atoms with Crippen molar-refractivity contribution in [3.8, 4) is 0 Å². The number of carbonyl (C=O) groups is 2. The molecule has 5 N–H and O–H groups in total. The first-order valence-electron chi connectivity index (χ1n) is 5.52. The summed E-state index contributed by atoms with van der Waals surface area (Å²) in [6, 6.07) is -0.699. The topological polar surface area (TPSA) is 101 Å². The number of nitrogens with one attached hydrogen (secondary N) is 1. The minimum absolute atomic E-state index is 0.103. The second kappa shape index (κ2) is 5.81. The molecule has 1 fully saturated rings. The van der Waals surface area contributed by atoms with Crippen LogP contribution in [0.2, 0.25) is 0 Å². The summed E-state index contributed by atoms with van der Waals surface area (Å²) in [5, 5.41) is 2.84. The van der Waals surface area contributed by atoms with Crippen LogP contribution in [0.5, 0.6) is 0 Å². The quantitative estimate of drug-likeness (QED) is 0.539. The Hall–Kier alpha value is -1.14. The maximum Gasteiger partial charge on any atom is 0.237 e. The Morgan fingerprint density at radius 3 is 2.81 bits per heavy atom. The van der Waals surface area contributed by atoms with Crippen molar-refractivity contribution in [2.24, 2.45) is 11.5 Å². The Morgan fingerprint density at radius 1 is 1.56 bits per heavy atom. The molecule has 1 saturated heterocycles. The van der Waals surface area contributed by atoms with Gasteiger partial charge in [0.1, 0.15) is 0 Å². The number of likely N-dealkylation sites (N-methyl/N-ethyl adjacent to an activating group) is 1. The third-order valence-electron chi connectivity index (χ3n) is 2.73. The number of hydrogen-bond acceptors (Lipinski definition) is 4. The number of likely N-dealkylation sites (tertiary alicyclic amines) is 1. The first-order valence-corrected chi connectivity index (χ1v) is 5.52. The monoisotopic (exact) mass is 228 g/mol. The smallest absolute Gasteiger partial charge is 0.237 e. The molecule has 1 rings (SSSR count). The van der Waals surface area contributed by atoms with E-state index in [-0.39, 0.29) is 18.4 Å². The Kier molecular flexibility index (Phi) is 4.70. The maximum atomic E-state index is 11.6. The molecule has 0 aromatic carbocycles. The summed E-state index contributed by atoms with van der Waals surface area (Å²) in [5.74, 6) is -0.845. The van der Waals surface area contributed by atoms with Crippen LogP contribution in [0.3, 0.4) is 0 Å². The molecular formula is C10H20N4O2. The summed E-state index contributed by atoms with van der Waals surface area (Å²) in [6.07, 6.45) is 1.92. The third-order valence-corrected chi connectivity index (χ3v) is 2.73. The first kappa shape index (κ1) is 12.9. The van der Waals surface area contributed by atoms with Crippen molar-refractivity contribution in [3.63, 3.8) is 0 Å². The van der Waals surface area contributed by atoms with Crippen molar-refractivity contribution in [1.29, 1.82) is 0 Å². The Labute approximate surface area is 95.3 Å².